The molecule has 1 N–H and O–H groups in total. The van der Waals surface area contributed by atoms with E-state index >= 15 is 0 Å². The largest absolute Gasteiger partial charge is 0.319 e. The van der Waals surface area contributed by atoms with Gasteiger partial charge >= 0.3 is 0 Å². The number of carbonyl (C=O) groups excluding carboxylic acids is 1. The van der Waals surface area contributed by atoms with Crippen LogP contribution < -0.4 is 5.32 Å². The van der Waals surface area contributed by atoms with E-state index in [1.54, 1.807) is 4.68 Å². The third kappa shape index (κ3) is 3.80. The van der Waals surface area contributed by atoms with E-state index in [9.17, 15) is 4.79 Å². The van der Waals surface area contributed by atoms with E-state index in [-0.39, 0.29) is 11.7 Å². The number of benzene rings is 3. The maximum atomic E-state index is 12.9. The van der Waals surface area contributed by atoms with Gasteiger partial charge in [0, 0.05) is 11.3 Å². The predicted octanol–water partition coefficient (Wildman–Crippen LogP) is 5.11. The molecule has 5 nitrogen and oxygen atoms in total. The molecule has 5 heteroatoms. The van der Waals surface area contributed by atoms with Crippen molar-refractivity contribution in [3.05, 3.63) is 95.3 Å². The first kappa shape index (κ1) is 18.6. The molecule has 1 amide bonds. The molecular formula is C24H22N4O. The van der Waals surface area contributed by atoms with Crippen molar-refractivity contribution in [3.8, 4) is 17.1 Å². The minimum Gasteiger partial charge on any atom is -0.319 e. The van der Waals surface area contributed by atoms with E-state index in [0.29, 0.717) is 5.82 Å². The van der Waals surface area contributed by atoms with Crippen LogP contribution in [0.15, 0.2) is 72.8 Å². The number of nitrogens with zero attached hydrogens (tertiary/aromatic N) is 3. The van der Waals surface area contributed by atoms with Crippen LogP contribution in [-0.2, 0) is 0 Å². The van der Waals surface area contributed by atoms with Crippen molar-refractivity contribution in [3.63, 3.8) is 0 Å². The molecule has 0 unspecified atom stereocenters. The first-order valence-electron chi connectivity index (χ1n) is 9.50. The van der Waals surface area contributed by atoms with Gasteiger partial charge in [-0.25, -0.2) is 9.67 Å². The van der Waals surface area contributed by atoms with Gasteiger partial charge in [-0.05, 0) is 55.7 Å². The van der Waals surface area contributed by atoms with E-state index in [2.05, 4.69) is 15.4 Å². The average Bonchev–Trinajstić information content (AvgIpc) is 3.17. The summed E-state index contributed by atoms with van der Waals surface area (Å²) in [6.45, 7) is 6.07. The Hall–Kier alpha value is -3.73. The van der Waals surface area contributed by atoms with Gasteiger partial charge in [0.2, 0.25) is 5.82 Å². The van der Waals surface area contributed by atoms with Gasteiger partial charge < -0.3 is 5.32 Å². The Bertz CT molecular complexity index is 1180. The third-order valence-corrected chi connectivity index (χ3v) is 4.95. The number of rotatable bonds is 4. The fourth-order valence-corrected chi connectivity index (χ4v) is 3.16. The summed E-state index contributed by atoms with van der Waals surface area (Å²) in [5.74, 6) is 0.424. The number of anilines is 1. The number of aryl methyl sites for hydroxylation is 3. The zero-order valence-corrected chi connectivity index (χ0v) is 16.7. The summed E-state index contributed by atoms with van der Waals surface area (Å²) < 4.78 is 1.74. The summed E-state index contributed by atoms with van der Waals surface area (Å²) in [4.78, 5) is 17.4. The van der Waals surface area contributed by atoms with Crippen LogP contribution in [0.5, 0.6) is 0 Å². The molecule has 0 aliphatic heterocycles. The highest BCUT2D eigenvalue weighted by molar-refractivity contribution is 6.01. The van der Waals surface area contributed by atoms with Crippen LogP contribution in [0.25, 0.3) is 17.1 Å². The van der Waals surface area contributed by atoms with Crippen molar-refractivity contribution >= 4 is 11.6 Å². The highest BCUT2D eigenvalue weighted by atomic mass is 16.2. The molecule has 0 aliphatic rings. The monoisotopic (exact) mass is 382 g/mol. The quantitative estimate of drug-likeness (QED) is 0.533. The predicted molar refractivity (Wildman–Crippen MR) is 115 cm³/mol. The zero-order valence-electron chi connectivity index (χ0n) is 16.7. The topological polar surface area (TPSA) is 59.8 Å². The van der Waals surface area contributed by atoms with Gasteiger partial charge in [0.15, 0.2) is 5.82 Å². The minimum atomic E-state index is -0.335. The highest BCUT2D eigenvalue weighted by Crippen LogP contribution is 2.23. The molecule has 4 aromatic rings. The van der Waals surface area contributed by atoms with Gasteiger partial charge in [0.05, 0.1) is 5.69 Å². The number of para-hydroxylation sites is 1. The molecular weight excluding hydrogens is 360 g/mol. The summed E-state index contributed by atoms with van der Waals surface area (Å²) in [6, 6.07) is 23.5. The lowest BCUT2D eigenvalue weighted by molar-refractivity contribution is 0.101. The Labute approximate surface area is 170 Å². The lowest BCUT2D eigenvalue weighted by atomic mass is 10.1. The van der Waals surface area contributed by atoms with Crippen molar-refractivity contribution in [1.29, 1.82) is 0 Å². The van der Waals surface area contributed by atoms with Crippen LogP contribution in [0.4, 0.5) is 5.69 Å². The van der Waals surface area contributed by atoms with Gasteiger partial charge in [-0.3, -0.25) is 4.79 Å². The third-order valence-electron chi connectivity index (χ3n) is 4.95. The zero-order chi connectivity index (χ0) is 20.4. The van der Waals surface area contributed by atoms with Crippen LogP contribution in [0.1, 0.15) is 27.3 Å². The highest BCUT2D eigenvalue weighted by Gasteiger charge is 2.19. The number of carbonyl (C=O) groups is 1. The molecule has 0 aliphatic carbocycles. The van der Waals surface area contributed by atoms with Crippen molar-refractivity contribution in [2.45, 2.75) is 20.8 Å². The van der Waals surface area contributed by atoms with Crippen molar-refractivity contribution in [2.75, 3.05) is 5.32 Å². The summed E-state index contributed by atoms with van der Waals surface area (Å²) in [7, 11) is 0. The van der Waals surface area contributed by atoms with Crippen LogP contribution in [0, 0.1) is 20.8 Å². The number of hydrogen-bond acceptors (Lipinski definition) is 3. The number of amides is 1. The second-order valence-electron chi connectivity index (χ2n) is 7.08. The lowest BCUT2D eigenvalue weighted by Gasteiger charge is -2.08. The molecule has 0 spiro atoms. The Morgan fingerprint density at radius 1 is 0.828 bits per heavy atom. The second kappa shape index (κ2) is 7.72. The maximum Gasteiger partial charge on any atom is 0.295 e. The van der Waals surface area contributed by atoms with E-state index < -0.39 is 0 Å². The molecule has 4 rings (SSSR count). The second-order valence-corrected chi connectivity index (χ2v) is 7.08. The fourth-order valence-electron chi connectivity index (χ4n) is 3.16. The molecule has 0 fully saturated rings. The van der Waals surface area contributed by atoms with Crippen LogP contribution in [0.2, 0.25) is 0 Å². The van der Waals surface area contributed by atoms with E-state index in [1.165, 1.54) is 5.56 Å². The van der Waals surface area contributed by atoms with E-state index in [0.717, 1.165) is 28.1 Å². The van der Waals surface area contributed by atoms with Crippen molar-refractivity contribution in [1.82, 2.24) is 14.8 Å². The van der Waals surface area contributed by atoms with Gasteiger partial charge in [0.1, 0.15) is 0 Å². The van der Waals surface area contributed by atoms with E-state index in [1.807, 2.05) is 93.6 Å². The SMILES string of the molecule is Cc1ccc(NC(=O)c2nc(-c3ccccc3)n(-c3ccccc3C)n2)cc1C. The lowest BCUT2D eigenvalue weighted by Crippen LogP contribution is -2.14. The molecule has 0 bridgehead atoms. The number of aromatic nitrogens is 3. The van der Waals surface area contributed by atoms with Gasteiger partial charge in [-0.2, -0.15) is 0 Å². The van der Waals surface area contributed by atoms with Crippen LogP contribution in [0.3, 0.4) is 0 Å². The van der Waals surface area contributed by atoms with Crippen LogP contribution >= 0.6 is 0 Å². The molecule has 1 aromatic heterocycles. The fraction of sp³-hybridized carbons (Fsp3) is 0.125. The van der Waals surface area contributed by atoms with Gasteiger partial charge in [-0.1, -0.05) is 54.6 Å². The average molecular weight is 382 g/mol. The van der Waals surface area contributed by atoms with E-state index in [4.69, 9.17) is 0 Å². The van der Waals surface area contributed by atoms with Gasteiger partial charge in [-0.15, -0.1) is 5.10 Å². The maximum absolute atomic E-state index is 12.9. The Kier molecular flexibility index (Phi) is 4.96. The molecule has 0 saturated carbocycles. The Morgan fingerprint density at radius 2 is 1.55 bits per heavy atom. The summed E-state index contributed by atoms with van der Waals surface area (Å²) >= 11 is 0. The molecule has 1 heterocycles. The number of nitrogens with one attached hydrogen (secondary N) is 1. The molecule has 0 radical (unpaired) electrons. The molecule has 0 saturated heterocycles. The Balaban J connectivity index is 1.76. The van der Waals surface area contributed by atoms with Crippen LogP contribution in [-0.4, -0.2) is 20.7 Å². The molecule has 3 aromatic carbocycles. The Morgan fingerprint density at radius 3 is 2.28 bits per heavy atom. The summed E-state index contributed by atoms with van der Waals surface area (Å²) in [6.07, 6.45) is 0. The first-order chi connectivity index (χ1) is 14.0. The summed E-state index contributed by atoms with van der Waals surface area (Å²) in [5.41, 5.74) is 5.86. The van der Waals surface area contributed by atoms with Gasteiger partial charge in [0.25, 0.3) is 5.91 Å². The number of hydrogen-bond donors (Lipinski definition) is 1. The molecule has 29 heavy (non-hydrogen) atoms. The minimum absolute atomic E-state index is 0.130. The normalized spacial score (nSPS) is 10.7. The molecule has 144 valence electrons. The molecule has 0 atom stereocenters. The van der Waals surface area contributed by atoms with Crippen molar-refractivity contribution in [2.24, 2.45) is 0 Å². The summed E-state index contributed by atoms with van der Waals surface area (Å²) in [5, 5.41) is 7.45. The van der Waals surface area contributed by atoms with Crippen molar-refractivity contribution < 1.29 is 4.79 Å². The smallest absolute Gasteiger partial charge is 0.295 e. The standard InChI is InChI=1S/C24H22N4O/c1-16-13-14-20(15-18(16)3)25-24(29)22-26-23(19-10-5-4-6-11-19)28(27-22)21-12-8-7-9-17(21)2/h4-15H,1-3H3,(H,25,29). The first-order valence-corrected chi connectivity index (χ1v) is 9.50.